The number of aliphatic hydroxyl groups excluding tert-OH is 1. The van der Waals surface area contributed by atoms with Crippen molar-refractivity contribution in [1.82, 2.24) is 5.32 Å². The molecule has 1 aromatic heterocycles. The van der Waals surface area contributed by atoms with E-state index >= 15 is 0 Å². The molecule has 0 spiro atoms. The minimum absolute atomic E-state index is 0.0714. The van der Waals surface area contributed by atoms with Crippen molar-refractivity contribution in [1.29, 1.82) is 0 Å². The minimum atomic E-state index is -0.983. The Morgan fingerprint density at radius 3 is 2.23 bits per heavy atom. The second-order valence-corrected chi connectivity index (χ2v) is 7.31. The van der Waals surface area contributed by atoms with Crippen LogP contribution in [-0.2, 0) is 0 Å². The van der Waals surface area contributed by atoms with E-state index in [9.17, 15) is 9.90 Å². The second kappa shape index (κ2) is 6.60. The molecule has 0 fully saturated rings. The molecule has 4 nitrogen and oxygen atoms in total. The molecule has 1 aromatic carbocycles. The number of rotatable bonds is 4. The highest BCUT2D eigenvalue weighted by molar-refractivity contribution is 7.12. The molecule has 2 aromatic rings. The summed E-state index contributed by atoms with van der Waals surface area (Å²) in [4.78, 5) is 13.0. The van der Waals surface area contributed by atoms with Crippen LogP contribution in [0, 0.1) is 5.41 Å². The summed E-state index contributed by atoms with van der Waals surface area (Å²) in [5, 5.41) is 14.4. The lowest BCUT2D eigenvalue weighted by Gasteiger charge is -2.32. The summed E-state index contributed by atoms with van der Waals surface area (Å²) in [7, 11) is 0. The van der Waals surface area contributed by atoms with Gasteiger partial charge in [0.15, 0.2) is 0 Å². The van der Waals surface area contributed by atoms with Gasteiger partial charge < -0.3 is 16.2 Å². The maximum Gasteiger partial charge on any atom is 0.261 e. The number of hydrogen-bond acceptors (Lipinski definition) is 4. The quantitative estimate of drug-likeness (QED) is 0.758. The van der Waals surface area contributed by atoms with Gasteiger partial charge in [0.2, 0.25) is 0 Å². The third kappa shape index (κ3) is 3.94. The zero-order valence-electron chi connectivity index (χ0n) is 13.0. The number of nitrogens with one attached hydrogen (secondary N) is 1. The van der Waals surface area contributed by atoms with Crippen LogP contribution in [-0.4, -0.2) is 11.0 Å². The van der Waals surface area contributed by atoms with Crippen molar-refractivity contribution in [3.63, 3.8) is 0 Å². The van der Waals surface area contributed by atoms with E-state index in [0.29, 0.717) is 10.4 Å². The molecule has 4 N–H and O–H groups in total. The number of hydrogen-bond donors (Lipinski definition) is 3. The number of amides is 1. The van der Waals surface area contributed by atoms with Gasteiger partial charge in [-0.2, -0.15) is 0 Å². The van der Waals surface area contributed by atoms with E-state index in [1.165, 1.54) is 11.3 Å². The van der Waals surface area contributed by atoms with Gasteiger partial charge in [-0.15, -0.1) is 11.3 Å². The summed E-state index contributed by atoms with van der Waals surface area (Å²) in [5.74, 6) is -0.0714. The highest BCUT2D eigenvalue weighted by Crippen LogP contribution is 2.33. The first kappa shape index (κ1) is 16.7. The fraction of sp³-hybridized carbons (Fsp3) is 0.353. The van der Waals surface area contributed by atoms with Crippen LogP contribution in [0.4, 0.5) is 0 Å². The fourth-order valence-corrected chi connectivity index (χ4v) is 2.92. The van der Waals surface area contributed by atoms with Crippen LogP contribution in [0.25, 0.3) is 0 Å². The van der Waals surface area contributed by atoms with E-state index in [1.54, 1.807) is 12.1 Å². The SMILES string of the molecule is CC(C)(C)C(NC(=O)c1cccs1)c1ccc(C(N)O)cc1. The van der Waals surface area contributed by atoms with E-state index in [1.807, 2.05) is 29.6 Å². The molecule has 2 unspecified atom stereocenters. The van der Waals surface area contributed by atoms with Crippen molar-refractivity contribution < 1.29 is 9.90 Å². The molecule has 0 aliphatic heterocycles. The van der Waals surface area contributed by atoms with Crippen molar-refractivity contribution in [2.45, 2.75) is 33.0 Å². The van der Waals surface area contributed by atoms with Crippen molar-refractivity contribution in [3.05, 3.63) is 57.8 Å². The maximum atomic E-state index is 12.4. The number of aliphatic hydroxyl groups is 1. The van der Waals surface area contributed by atoms with Crippen molar-refractivity contribution in [2.24, 2.45) is 11.1 Å². The number of nitrogens with two attached hydrogens (primary N) is 1. The molecule has 1 heterocycles. The average Bonchev–Trinajstić information content (AvgIpc) is 2.97. The lowest BCUT2D eigenvalue weighted by Crippen LogP contribution is -2.36. The van der Waals surface area contributed by atoms with E-state index in [2.05, 4.69) is 26.1 Å². The first-order valence-electron chi connectivity index (χ1n) is 7.17. The number of carbonyl (C=O) groups excluding carboxylic acids is 1. The molecular formula is C17H22N2O2S. The topological polar surface area (TPSA) is 75.4 Å². The van der Waals surface area contributed by atoms with E-state index in [0.717, 1.165) is 5.56 Å². The van der Waals surface area contributed by atoms with E-state index in [-0.39, 0.29) is 17.4 Å². The van der Waals surface area contributed by atoms with Crippen LogP contribution in [0.2, 0.25) is 0 Å². The summed E-state index contributed by atoms with van der Waals surface area (Å²) < 4.78 is 0. The van der Waals surface area contributed by atoms with Crippen LogP contribution >= 0.6 is 11.3 Å². The monoisotopic (exact) mass is 318 g/mol. The Balaban J connectivity index is 2.25. The lowest BCUT2D eigenvalue weighted by molar-refractivity contribution is 0.0906. The molecule has 0 bridgehead atoms. The van der Waals surface area contributed by atoms with Crippen molar-refractivity contribution >= 4 is 17.2 Å². The Morgan fingerprint density at radius 1 is 1.18 bits per heavy atom. The van der Waals surface area contributed by atoms with Crippen LogP contribution in [0.1, 0.15) is 53.8 Å². The molecule has 22 heavy (non-hydrogen) atoms. The number of thiophene rings is 1. The zero-order chi connectivity index (χ0) is 16.3. The Bertz CT molecular complexity index is 613. The smallest absolute Gasteiger partial charge is 0.261 e. The average molecular weight is 318 g/mol. The van der Waals surface area contributed by atoms with Gasteiger partial charge in [-0.1, -0.05) is 51.1 Å². The molecular weight excluding hydrogens is 296 g/mol. The molecule has 2 atom stereocenters. The Kier molecular flexibility index (Phi) is 5.01. The van der Waals surface area contributed by atoms with Gasteiger partial charge in [0.1, 0.15) is 6.23 Å². The van der Waals surface area contributed by atoms with Crippen LogP contribution < -0.4 is 11.1 Å². The molecule has 0 aliphatic carbocycles. The van der Waals surface area contributed by atoms with Gasteiger partial charge in [-0.25, -0.2) is 0 Å². The highest BCUT2D eigenvalue weighted by Gasteiger charge is 2.28. The zero-order valence-corrected chi connectivity index (χ0v) is 13.9. The molecule has 0 saturated carbocycles. The summed E-state index contributed by atoms with van der Waals surface area (Å²) in [6, 6.07) is 10.9. The largest absolute Gasteiger partial charge is 0.375 e. The number of carbonyl (C=O) groups is 1. The predicted molar refractivity (Wildman–Crippen MR) is 89.6 cm³/mol. The number of benzene rings is 1. The first-order valence-corrected chi connectivity index (χ1v) is 8.05. The normalized spacial score (nSPS) is 14.4. The summed E-state index contributed by atoms with van der Waals surface area (Å²) >= 11 is 1.42. The predicted octanol–water partition coefficient (Wildman–Crippen LogP) is 3.21. The van der Waals surface area contributed by atoms with Crippen LogP contribution in [0.3, 0.4) is 0 Å². The standard InChI is InChI=1S/C17H22N2O2S/c1-17(2,3)14(19-16(21)13-5-4-10-22-13)11-6-8-12(9-7-11)15(18)20/h4-10,14-15,20H,18H2,1-3H3,(H,19,21). The summed E-state index contributed by atoms with van der Waals surface area (Å²) in [6.07, 6.45) is -0.983. The molecule has 5 heteroatoms. The van der Waals surface area contributed by atoms with Gasteiger partial charge in [-0.3, -0.25) is 4.79 Å². The van der Waals surface area contributed by atoms with Gasteiger partial charge in [0.25, 0.3) is 5.91 Å². The van der Waals surface area contributed by atoms with E-state index < -0.39 is 6.23 Å². The van der Waals surface area contributed by atoms with Gasteiger partial charge in [-0.05, 0) is 28.0 Å². The Labute approximate surface area is 135 Å². The summed E-state index contributed by atoms with van der Waals surface area (Å²) in [6.45, 7) is 6.24. The van der Waals surface area contributed by atoms with Gasteiger partial charge in [0, 0.05) is 0 Å². The third-order valence-corrected chi connectivity index (χ3v) is 4.37. The summed E-state index contributed by atoms with van der Waals surface area (Å²) in [5.41, 5.74) is 6.96. The molecule has 2 rings (SSSR count). The third-order valence-electron chi connectivity index (χ3n) is 3.50. The highest BCUT2D eigenvalue weighted by atomic mass is 32.1. The Hall–Kier alpha value is -1.69. The molecule has 0 aliphatic rings. The van der Waals surface area contributed by atoms with Crippen LogP contribution in [0.5, 0.6) is 0 Å². The van der Waals surface area contributed by atoms with Crippen molar-refractivity contribution in [2.75, 3.05) is 0 Å². The van der Waals surface area contributed by atoms with Crippen LogP contribution in [0.15, 0.2) is 41.8 Å². The second-order valence-electron chi connectivity index (χ2n) is 6.36. The van der Waals surface area contributed by atoms with Crippen molar-refractivity contribution in [3.8, 4) is 0 Å². The molecule has 0 saturated heterocycles. The first-order chi connectivity index (χ1) is 10.3. The van der Waals surface area contributed by atoms with E-state index in [4.69, 9.17) is 5.73 Å². The minimum Gasteiger partial charge on any atom is -0.375 e. The lowest BCUT2D eigenvalue weighted by atomic mass is 9.82. The molecule has 118 valence electrons. The fourth-order valence-electron chi connectivity index (χ4n) is 2.30. The van der Waals surface area contributed by atoms with Gasteiger partial charge in [0.05, 0.1) is 10.9 Å². The van der Waals surface area contributed by atoms with Gasteiger partial charge >= 0.3 is 0 Å². The molecule has 0 radical (unpaired) electrons. The maximum absolute atomic E-state index is 12.4. The molecule has 1 amide bonds. The Morgan fingerprint density at radius 2 is 1.77 bits per heavy atom.